The van der Waals surface area contributed by atoms with E-state index in [2.05, 4.69) is 52.0 Å². The molecule has 0 aliphatic heterocycles. The van der Waals surface area contributed by atoms with Crippen molar-refractivity contribution < 1.29 is 4.79 Å². The molecule has 23 heavy (non-hydrogen) atoms. The summed E-state index contributed by atoms with van der Waals surface area (Å²) < 4.78 is 0. The van der Waals surface area contributed by atoms with Gasteiger partial charge in [-0.05, 0) is 86.2 Å². The molecule has 0 saturated carbocycles. The number of hydrogen-bond donors (Lipinski definition) is 0. The lowest BCUT2D eigenvalue weighted by atomic mass is 9.72. The third-order valence-corrected chi connectivity index (χ3v) is 5.24. The van der Waals surface area contributed by atoms with Gasteiger partial charge in [-0.2, -0.15) is 0 Å². The van der Waals surface area contributed by atoms with Crippen LogP contribution in [0.2, 0.25) is 0 Å². The molecule has 0 atom stereocenters. The molecule has 2 aliphatic carbocycles. The number of rotatable bonds is 3. The zero-order chi connectivity index (χ0) is 16.9. The first kappa shape index (κ1) is 17.7. The van der Waals surface area contributed by atoms with Crippen LogP contribution in [0.3, 0.4) is 0 Å². The summed E-state index contributed by atoms with van der Waals surface area (Å²) in [6, 6.07) is 0. The molecule has 0 saturated heterocycles. The Bertz CT molecular complexity index is 606. The van der Waals surface area contributed by atoms with E-state index in [-0.39, 0.29) is 0 Å². The number of allylic oxidation sites excluding steroid dienone is 10. The number of carbonyl (C=O) groups excluding carboxylic acids is 1. The Morgan fingerprint density at radius 3 is 2.61 bits per heavy atom. The highest BCUT2D eigenvalue weighted by Crippen LogP contribution is 2.40. The Balaban J connectivity index is 2.23. The second kappa shape index (κ2) is 7.77. The molecule has 124 valence electrons. The topological polar surface area (TPSA) is 17.1 Å². The fourth-order valence-corrected chi connectivity index (χ4v) is 3.74. The first-order valence-electron chi connectivity index (χ1n) is 8.84. The van der Waals surface area contributed by atoms with Crippen molar-refractivity contribution in [2.45, 2.75) is 66.2 Å². The number of carbonyl (C=O) groups is 1. The summed E-state index contributed by atoms with van der Waals surface area (Å²) in [5.74, 6) is 0. The highest BCUT2D eigenvalue weighted by atomic mass is 16.1. The lowest BCUT2D eigenvalue weighted by molar-refractivity contribution is -0.104. The largest absolute Gasteiger partial charge is 0.299 e. The first-order valence-corrected chi connectivity index (χ1v) is 8.84. The molecule has 0 amide bonds. The fourth-order valence-electron chi connectivity index (χ4n) is 3.74. The Labute approximate surface area is 141 Å². The second-order valence-electron chi connectivity index (χ2n) is 7.54. The average molecular weight is 310 g/mol. The van der Waals surface area contributed by atoms with E-state index in [1.165, 1.54) is 36.0 Å². The molecule has 0 bridgehead atoms. The molecule has 1 heteroatoms. The average Bonchev–Trinajstić information content (AvgIpc) is 2.72. The van der Waals surface area contributed by atoms with E-state index in [0.29, 0.717) is 5.41 Å². The zero-order valence-corrected chi connectivity index (χ0v) is 15.1. The van der Waals surface area contributed by atoms with Crippen molar-refractivity contribution in [3.8, 4) is 0 Å². The molecule has 0 heterocycles. The summed E-state index contributed by atoms with van der Waals surface area (Å²) in [5, 5.41) is 0. The predicted molar refractivity (Wildman–Crippen MR) is 99.3 cm³/mol. The molecule has 0 aromatic rings. The van der Waals surface area contributed by atoms with Gasteiger partial charge in [0.15, 0.2) is 0 Å². The van der Waals surface area contributed by atoms with E-state index in [0.717, 1.165) is 31.1 Å². The Hall–Kier alpha value is -1.63. The van der Waals surface area contributed by atoms with Gasteiger partial charge in [0.05, 0.1) is 0 Å². The molecule has 0 unspecified atom stereocenters. The standard InChI is InChI=1S/C22H30O/c1-17(20-9-5-8-19(11-12-20)14-16-23)10-13-21-18(2)7-6-15-22(21,3)4/h10-14,16H,5-9,15H2,1-4H3. The van der Waals surface area contributed by atoms with Crippen molar-refractivity contribution in [2.75, 3.05) is 0 Å². The van der Waals surface area contributed by atoms with Crippen molar-refractivity contribution in [3.05, 3.63) is 58.2 Å². The lowest BCUT2D eigenvalue weighted by Gasteiger charge is -2.33. The van der Waals surface area contributed by atoms with E-state index < -0.39 is 0 Å². The molecule has 0 aromatic carbocycles. The smallest absolute Gasteiger partial charge is 0.143 e. The van der Waals surface area contributed by atoms with Crippen LogP contribution in [0.5, 0.6) is 0 Å². The maximum absolute atomic E-state index is 10.6. The van der Waals surface area contributed by atoms with Crippen LogP contribution in [-0.4, -0.2) is 6.29 Å². The summed E-state index contributed by atoms with van der Waals surface area (Å²) in [7, 11) is 0. The summed E-state index contributed by atoms with van der Waals surface area (Å²) >= 11 is 0. The highest BCUT2D eigenvalue weighted by Gasteiger charge is 2.26. The Morgan fingerprint density at radius 2 is 1.91 bits per heavy atom. The SMILES string of the molecule is CC(C=CC1=C(C)CCCC1(C)C)=C1C=CC(=CC=O)CCC1. The summed E-state index contributed by atoms with van der Waals surface area (Å²) in [6.45, 7) is 9.21. The summed E-state index contributed by atoms with van der Waals surface area (Å²) in [5.41, 5.74) is 7.23. The molecule has 0 fully saturated rings. The van der Waals surface area contributed by atoms with Crippen LogP contribution in [0.1, 0.15) is 66.2 Å². The van der Waals surface area contributed by atoms with Gasteiger partial charge < -0.3 is 0 Å². The Morgan fingerprint density at radius 1 is 1.13 bits per heavy atom. The quantitative estimate of drug-likeness (QED) is 0.444. The molecular formula is C22H30O. The molecule has 0 N–H and O–H groups in total. The van der Waals surface area contributed by atoms with Gasteiger partial charge in [0.2, 0.25) is 0 Å². The number of aldehydes is 1. The van der Waals surface area contributed by atoms with E-state index in [9.17, 15) is 4.79 Å². The van der Waals surface area contributed by atoms with Crippen LogP contribution in [0, 0.1) is 5.41 Å². The minimum atomic E-state index is 0.295. The van der Waals surface area contributed by atoms with Gasteiger partial charge in [-0.25, -0.2) is 0 Å². The molecule has 0 aromatic heterocycles. The second-order valence-corrected chi connectivity index (χ2v) is 7.54. The van der Waals surface area contributed by atoms with Crippen LogP contribution < -0.4 is 0 Å². The van der Waals surface area contributed by atoms with Gasteiger partial charge in [0.1, 0.15) is 6.29 Å². The molecule has 2 rings (SSSR count). The maximum Gasteiger partial charge on any atom is 0.143 e. The molecular weight excluding hydrogens is 280 g/mol. The van der Waals surface area contributed by atoms with Gasteiger partial charge in [0, 0.05) is 0 Å². The van der Waals surface area contributed by atoms with Crippen LogP contribution in [0.4, 0.5) is 0 Å². The van der Waals surface area contributed by atoms with E-state index in [4.69, 9.17) is 0 Å². The Kier molecular flexibility index (Phi) is 5.98. The first-order chi connectivity index (χ1) is 10.9. The molecule has 0 radical (unpaired) electrons. The van der Waals surface area contributed by atoms with Crippen LogP contribution in [-0.2, 0) is 4.79 Å². The van der Waals surface area contributed by atoms with Gasteiger partial charge in [0.25, 0.3) is 0 Å². The third kappa shape index (κ3) is 4.67. The normalized spacial score (nSPS) is 25.8. The van der Waals surface area contributed by atoms with Gasteiger partial charge in [-0.1, -0.05) is 43.7 Å². The summed E-state index contributed by atoms with van der Waals surface area (Å²) in [4.78, 5) is 10.6. The highest BCUT2D eigenvalue weighted by molar-refractivity contribution is 5.67. The van der Waals surface area contributed by atoms with Crippen molar-refractivity contribution in [1.82, 2.24) is 0 Å². The minimum Gasteiger partial charge on any atom is -0.299 e. The predicted octanol–water partition coefficient (Wildman–Crippen LogP) is 6.25. The zero-order valence-electron chi connectivity index (χ0n) is 15.1. The monoisotopic (exact) mass is 310 g/mol. The molecule has 0 spiro atoms. The maximum atomic E-state index is 10.6. The van der Waals surface area contributed by atoms with Crippen molar-refractivity contribution in [3.63, 3.8) is 0 Å². The van der Waals surface area contributed by atoms with Crippen LogP contribution in [0.15, 0.2) is 58.2 Å². The van der Waals surface area contributed by atoms with Crippen molar-refractivity contribution in [1.29, 1.82) is 0 Å². The van der Waals surface area contributed by atoms with Crippen LogP contribution in [0.25, 0.3) is 0 Å². The van der Waals surface area contributed by atoms with E-state index >= 15 is 0 Å². The van der Waals surface area contributed by atoms with E-state index in [1.54, 1.807) is 11.6 Å². The molecule has 1 nitrogen and oxygen atoms in total. The fraction of sp³-hybridized carbons (Fsp3) is 0.500. The van der Waals surface area contributed by atoms with Crippen molar-refractivity contribution >= 4 is 6.29 Å². The van der Waals surface area contributed by atoms with Gasteiger partial charge in [-0.3, -0.25) is 4.79 Å². The van der Waals surface area contributed by atoms with Gasteiger partial charge in [-0.15, -0.1) is 0 Å². The van der Waals surface area contributed by atoms with Gasteiger partial charge >= 0.3 is 0 Å². The summed E-state index contributed by atoms with van der Waals surface area (Å²) in [6.07, 6.45) is 18.5. The lowest BCUT2D eigenvalue weighted by Crippen LogP contribution is -2.19. The number of hydrogen-bond acceptors (Lipinski definition) is 1. The minimum absolute atomic E-state index is 0.295. The van der Waals surface area contributed by atoms with Crippen LogP contribution >= 0.6 is 0 Å². The molecule has 2 aliphatic rings. The van der Waals surface area contributed by atoms with E-state index in [1.807, 2.05) is 0 Å². The third-order valence-electron chi connectivity index (χ3n) is 5.24. The van der Waals surface area contributed by atoms with Crippen molar-refractivity contribution in [2.24, 2.45) is 5.41 Å².